The first-order chi connectivity index (χ1) is 23.8. The molecule has 0 unspecified atom stereocenters. The Hall–Kier alpha value is -5.46. The number of hydrogen-bond donors (Lipinski definition) is 0. The van der Waals surface area contributed by atoms with Crippen molar-refractivity contribution in [2.24, 2.45) is 0 Å². The third kappa shape index (κ3) is 8.17. The minimum absolute atomic E-state index is 0.667. The second-order valence-electron chi connectivity index (χ2n) is 11.4. The van der Waals surface area contributed by atoms with Crippen molar-refractivity contribution in [2.45, 2.75) is 6.54 Å². The highest BCUT2D eigenvalue weighted by molar-refractivity contribution is 6.50. The van der Waals surface area contributed by atoms with Crippen LogP contribution in [0.15, 0.2) is 176 Å². The molecule has 1 nitrogen and oxygen atoms in total. The van der Waals surface area contributed by atoms with Crippen LogP contribution in [0.5, 0.6) is 0 Å². The van der Waals surface area contributed by atoms with Gasteiger partial charge in [0.1, 0.15) is 0 Å². The van der Waals surface area contributed by atoms with Crippen molar-refractivity contribution in [1.29, 1.82) is 0 Å². The quantitative estimate of drug-likeness (QED) is 0.0902. The van der Waals surface area contributed by atoms with Gasteiger partial charge in [-0.2, -0.15) is 4.57 Å². The maximum Gasteiger partial charge on any atom is 0.673 e. The predicted molar refractivity (Wildman–Crippen MR) is 195 cm³/mol. The summed E-state index contributed by atoms with van der Waals surface area (Å²) >= 11 is 6.36. The van der Waals surface area contributed by atoms with E-state index in [9.17, 15) is 17.3 Å². The second kappa shape index (κ2) is 15.2. The van der Waals surface area contributed by atoms with Crippen LogP contribution in [0.2, 0.25) is 5.02 Å². The summed E-state index contributed by atoms with van der Waals surface area (Å²) in [5.41, 5.74) is 13.0. The summed E-state index contributed by atoms with van der Waals surface area (Å²) in [6.07, 6.45) is 0. The smallest absolute Gasteiger partial charge is 0.418 e. The molecule has 0 aliphatic rings. The summed E-state index contributed by atoms with van der Waals surface area (Å²) in [5.74, 6) is 0. The van der Waals surface area contributed by atoms with E-state index in [0.717, 1.165) is 16.1 Å². The monoisotopic (exact) mass is 671 g/mol. The van der Waals surface area contributed by atoms with Crippen molar-refractivity contribution in [3.05, 3.63) is 187 Å². The average Bonchev–Trinajstić information content (AvgIpc) is 3.13. The summed E-state index contributed by atoms with van der Waals surface area (Å²) in [5, 5.41) is 0.736. The van der Waals surface area contributed by atoms with Crippen LogP contribution >= 0.6 is 11.6 Å². The standard InChI is InChI=1S/C42H31ClN.BF4/c43-37-28-26-31(27-29-37)30-44-41(35-22-12-4-13-23-35)39(33-18-8-2-9-19-33)38(32-16-6-1-7-17-32)40(34-20-10-3-11-21-34)42(44)36-24-14-5-15-25-36;2-1(3,4)5/h1-29H,30H2;/q+1;-1. The van der Waals surface area contributed by atoms with E-state index in [1.807, 2.05) is 12.1 Å². The highest BCUT2D eigenvalue weighted by Gasteiger charge is 2.34. The summed E-state index contributed by atoms with van der Waals surface area (Å²) in [6.45, 7) is 0.667. The molecule has 0 amide bonds. The maximum absolute atomic E-state index is 9.75. The lowest BCUT2D eigenvalue weighted by molar-refractivity contribution is -0.665. The number of pyridine rings is 1. The van der Waals surface area contributed by atoms with Crippen molar-refractivity contribution in [3.8, 4) is 55.9 Å². The van der Waals surface area contributed by atoms with Crippen LogP contribution in [0.25, 0.3) is 55.9 Å². The number of halogens is 5. The Morgan fingerprint density at radius 1 is 0.388 bits per heavy atom. The molecule has 0 atom stereocenters. The van der Waals surface area contributed by atoms with Gasteiger partial charge in [0.25, 0.3) is 0 Å². The van der Waals surface area contributed by atoms with Gasteiger partial charge in [-0.3, -0.25) is 0 Å². The van der Waals surface area contributed by atoms with Gasteiger partial charge in [-0.25, -0.2) is 0 Å². The fourth-order valence-corrected chi connectivity index (χ4v) is 6.26. The molecule has 1 heterocycles. The molecular formula is C42H31BClF4N. The van der Waals surface area contributed by atoms with Gasteiger partial charge < -0.3 is 17.3 Å². The summed E-state index contributed by atoms with van der Waals surface area (Å²) in [4.78, 5) is 0. The fraction of sp³-hybridized carbons (Fsp3) is 0.0238. The van der Waals surface area contributed by atoms with Gasteiger partial charge in [-0.05, 0) is 53.1 Å². The Kier molecular flexibility index (Phi) is 10.4. The van der Waals surface area contributed by atoms with E-state index in [1.165, 1.54) is 50.3 Å². The van der Waals surface area contributed by atoms with Crippen molar-refractivity contribution >= 4 is 18.9 Å². The molecule has 0 bridgehead atoms. The van der Waals surface area contributed by atoms with E-state index in [1.54, 1.807) is 0 Å². The largest absolute Gasteiger partial charge is 0.673 e. The number of rotatable bonds is 7. The molecule has 0 N–H and O–H groups in total. The number of benzene rings is 6. The highest BCUT2D eigenvalue weighted by Crippen LogP contribution is 2.47. The molecule has 0 aliphatic carbocycles. The molecule has 0 aliphatic heterocycles. The van der Waals surface area contributed by atoms with Gasteiger partial charge in [0.05, 0.1) is 11.1 Å². The van der Waals surface area contributed by atoms with Crippen LogP contribution in [0, 0.1) is 0 Å². The summed E-state index contributed by atoms with van der Waals surface area (Å²) < 4.78 is 41.5. The zero-order chi connectivity index (χ0) is 34.2. The van der Waals surface area contributed by atoms with E-state index >= 15 is 0 Å². The Morgan fingerprint density at radius 3 is 1.00 bits per heavy atom. The van der Waals surface area contributed by atoms with Crippen LogP contribution in [-0.2, 0) is 6.54 Å². The van der Waals surface area contributed by atoms with E-state index in [2.05, 4.69) is 168 Å². The van der Waals surface area contributed by atoms with E-state index < -0.39 is 7.25 Å². The zero-order valence-electron chi connectivity index (χ0n) is 26.4. The molecule has 7 heteroatoms. The third-order valence-electron chi connectivity index (χ3n) is 8.05. The Bertz CT molecular complexity index is 2000. The SMILES string of the molecule is Clc1ccc(C[n+]2c(-c3ccccc3)c(-c3ccccc3)c(-c3ccccc3)c(-c3ccccc3)c2-c2ccccc2)cc1.F[B-](F)(F)F. The molecule has 1 aromatic heterocycles. The molecule has 0 radical (unpaired) electrons. The van der Waals surface area contributed by atoms with E-state index in [4.69, 9.17) is 11.6 Å². The lowest BCUT2D eigenvalue weighted by Crippen LogP contribution is -2.41. The van der Waals surface area contributed by atoms with Crippen molar-refractivity contribution in [1.82, 2.24) is 0 Å². The number of nitrogens with zero attached hydrogens (tertiary/aromatic N) is 1. The molecular weight excluding hydrogens is 641 g/mol. The van der Waals surface area contributed by atoms with Gasteiger partial charge >= 0.3 is 7.25 Å². The van der Waals surface area contributed by atoms with E-state index in [-0.39, 0.29) is 0 Å². The molecule has 242 valence electrons. The Morgan fingerprint density at radius 2 is 0.673 bits per heavy atom. The van der Waals surface area contributed by atoms with Crippen LogP contribution in [-0.4, -0.2) is 7.25 Å². The molecule has 0 spiro atoms. The van der Waals surface area contributed by atoms with Crippen LogP contribution < -0.4 is 4.57 Å². The average molecular weight is 672 g/mol. The number of aromatic nitrogens is 1. The first kappa shape index (κ1) is 33.4. The summed E-state index contributed by atoms with van der Waals surface area (Å²) in [7, 11) is -6.00. The number of hydrogen-bond acceptors (Lipinski definition) is 0. The molecule has 7 aromatic rings. The lowest BCUT2D eigenvalue weighted by atomic mass is 9.82. The Balaban J connectivity index is 0.000000778. The molecule has 0 saturated carbocycles. The van der Waals surface area contributed by atoms with Crippen molar-refractivity contribution in [3.63, 3.8) is 0 Å². The summed E-state index contributed by atoms with van der Waals surface area (Å²) in [6, 6.07) is 62.3. The van der Waals surface area contributed by atoms with Gasteiger partial charge in [-0.15, -0.1) is 0 Å². The van der Waals surface area contributed by atoms with Crippen molar-refractivity contribution in [2.75, 3.05) is 0 Å². The van der Waals surface area contributed by atoms with Gasteiger partial charge in [0, 0.05) is 27.3 Å². The molecule has 49 heavy (non-hydrogen) atoms. The highest BCUT2D eigenvalue weighted by atomic mass is 35.5. The van der Waals surface area contributed by atoms with Crippen LogP contribution in [0.3, 0.4) is 0 Å². The van der Waals surface area contributed by atoms with Gasteiger partial charge in [0.15, 0.2) is 6.54 Å². The zero-order valence-corrected chi connectivity index (χ0v) is 27.1. The topological polar surface area (TPSA) is 3.88 Å². The minimum Gasteiger partial charge on any atom is -0.418 e. The normalized spacial score (nSPS) is 11.0. The maximum atomic E-state index is 9.75. The van der Waals surface area contributed by atoms with E-state index in [0.29, 0.717) is 6.54 Å². The molecule has 7 rings (SSSR count). The Labute approximate surface area is 288 Å². The van der Waals surface area contributed by atoms with Crippen molar-refractivity contribution < 1.29 is 21.8 Å². The van der Waals surface area contributed by atoms with Crippen LogP contribution in [0.1, 0.15) is 5.56 Å². The van der Waals surface area contributed by atoms with Gasteiger partial charge in [-0.1, -0.05) is 151 Å². The fourth-order valence-electron chi connectivity index (χ4n) is 6.13. The third-order valence-corrected chi connectivity index (χ3v) is 8.30. The first-order valence-corrected chi connectivity index (χ1v) is 16.2. The predicted octanol–water partition coefficient (Wildman–Crippen LogP) is 12.3. The van der Waals surface area contributed by atoms with Crippen LogP contribution in [0.4, 0.5) is 17.3 Å². The first-order valence-electron chi connectivity index (χ1n) is 15.8. The van der Waals surface area contributed by atoms with Gasteiger partial charge in [0.2, 0.25) is 11.4 Å². The molecule has 0 fully saturated rings. The molecule has 6 aromatic carbocycles. The second-order valence-corrected chi connectivity index (χ2v) is 11.8. The molecule has 0 saturated heterocycles. The minimum atomic E-state index is -6.00. The lowest BCUT2D eigenvalue weighted by Gasteiger charge is -2.23.